The van der Waals surface area contributed by atoms with Gasteiger partial charge >= 0.3 is 0 Å². The van der Waals surface area contributed by atoms with Crippen molar-refractivity contribution in [2.45, 2.75) is 62.8 Å². The summed E-state index contributed by atoms with van der Waals surface area (Å²) >= 11 is 6.10. The van der Waals surface area contributed by atoms with Crippen LogP contribution in [0.4, 0.5) is 5.69 Å². The van der Waals surface area contributed by atoms with Crippen molar-refractivity contribution in [1.82, 2.24) is 25.3 Å². The molecule has 6 amide bonds. The Kier molecular flexibility index (Phi) is 10.2. The van der Waals surface area contributed by atoms with Crippen molar-refractivity contribution in [2.24, 2.45) is 0 Å². The zero-order valence-corrected chi connectivity index (χ0v) is 31.3. The molecular formula is C41H40ClN7O7. The van der Waals surface area contributed by atoms with Gasteiger partial charge < -0.3 is 19.9 Å². The summed E-state index contributed by atoms with van der Waals surface area (Å²) in [6.45, 7) is 4.26. The van der Waals surface area contributed by atoms with E-state index in [1.807, 2.05) is 17.0 Å². The number of nitrogens with one attached hydrogen (secondary N) is 2. The lowest BCUT2D eigenvalue weighted by Gasteiger charge is -2.43. The first-order chi connectivity index (χ1) is 27.1. The van der Waals surface area contributed by atoms with Gasteiger partial charge in [-0.1, -0.05) is 11.6 Å². The second kappa shape index (κ2) is 15.4. The Morgan fingerprint density at radius 1 is 0.821 bits per heavy atom. The topological polar surface area (TPSA) is 172 Å². The van der Waals surface area contributed by atoms with Crippen molar-refractivity contribution in [2.75, 3.05) is 44.2 Å². The molecule has 5 aliphatic rings. The molecule has 0 aromatic heterocycles. The Labute approximate surface area is 328 Å². The molecule has 1 atom stereocenters. The summed E-state index contributed by atoms with van der Waals surface area (Å²) < 4.78 is 5.92. The van der Waals surface area contributed by atoms with Crippen molar-refractivity contribution in [3.63, 3.8) is 0 Å². The maximum atomic E-state index is 13.4. The molecule has 2 N–H and O–H groups in total. The summed E-state index contributed by atoms with van der Waals surface area (Å²) in [5.41, 5.74) is 2.80. The molecule has 4 heterocycles. The van der Waals surface area contributed by atoms with E-state index in [-0.39, 0.29) is 47.9 Å². The number of nitriles is 1. The molecule has 8 rings (SSSR count). The lowest BCUT2D eigenvalue weighted by Crippen LogP contribution is -2.54. The third kappa shape index (κ3) is 7.32. The fourth-order valence-corrected chi connectivity index (χ4v) is 8.50. The largest absolute Gasteiger partial charge is 0.490 e. The summed E-state index contributed by atoms with van der Waals surface area (Å²) in [4.78, 5) is 84.2. The number of piperidine rings is 2. The number of imide groups is 2. The number of amides is 6. The van der Waals surface area contributed by atoms with E-state index < -0.39 is 29.7 Å². The van der Waals surface area contributed by atoms with Crippen LogP contribution in [0.5, 0.6) is 5.75 Å². The molecule has 3 saturated heterocycles. The summed E-state index contributed by atoms with van der Waals surface area (Å²) in [7, 11) is 0. The van der Waals surface area contributed by atoms with Crippen LogP contribution in [0.25, 0.3) is 0 Å². The van der Waals surface area contributed by atoms with Gasteiger partial charge in [-0.2, -0.15) is 5.26 Å². The van der Waals surface area contributed by atoms with Crippen LogP contribution in [0.1, 0.15) is 85.5 Å². The highest BCUT2D eigenvalue weighted by molar-refractivity contribution is 6.31. The second-order valence-corrected chi connectivity index (χ2v) is 15.3. The molecule has 15 heteroatoms. The van der Waals surface area contributed by atoms with Crippen LogP contribution in [0, 0.1) is 11.3 Å². The SMILES string of the molecule is N#Cc1ccc(OC2CC(NC(=O)c3ccc(C(=O)N4CCN(C5CCN(c6ccc7c(c6)C(=O)N(C6CCC(=O)NC6=O)C7=O)CC5)CC4)cc3)C2)cc1Cl. The van der Waals surface area contributed by atoms with E-state index in [1.165, 1.54) is 0 Å². The molecule has 0 radical (unpaired) electrons. The first-order valence-electron chi connectivity index (χ1n) is 19.0. The van der Waals surface area contributed by atoms with Crippen molar-refractivity contribution < 1.29 is 33.5 Å². The predicted octanol–water partition coefficient (Wildman–Crippen LogP) is 3.38. The molecule has 1 unspecified atom stereocenters. The Morgan fingerprint density at radius 3 is 2.20 bits per heavy atom. The summed E-state index contributed by atoms with van der Waals surface area (Å²) in [5, 5.41) is 14.6. The molecule has 3 aromatic rings. The van der Waals surface area contributed by atoms with Gasteiger partial charge in [0.2, 0.25) is 11.8 Å². The molecular weight excluding hydrogens is 738 g/mol. The number of hydrogen-bond donors (Lipinski definition) is 2. The van der Waals surface area contributed by atoms with Gasteiger partial charge in [0.1, 0.15) is 24.0 Å². The normalized spacial score (nSPS) is 22.9. The van der Waals surface area contributed by atoms with E-state index >= 15 is 0 Å². The number of benzene rings is 3. The lowest BCUT2D eigenvalue weighted by atomic mass is 9.89. The fraction of sp³-hybridized carbons (Fsp3) is 0.390. The van der Waals surface area contributed by atoms with Gasteiger partial charge in [-0.05, 0) is 73.9 Å². The minimum absolute atomic E-state index is 0.0252. The fourth-order valence-electron chi connectivity index (χ4n) is 8.28. The van der Waals surface area contributed by atoms with E-state index in [9.17, 15) is 28.8 Å². The zero-order chi connectivity index (χ0) is 39.1. The van der Waals surface area contributed by atoms with Crippen molar-refractivity contribution in [3.8, 4) is 11.8 Å². The van der Waals surface area contributed by atoms with E-state index in [2.05, 4.69) is 20.4 Å². The van der Waals surface area contributed by atoms with E-state index in [0.29, 0.717) is 59.4 Å². The standard InChI is InChI=1S/C41H40ClN7O7/c42-34-22-30(7-5-26(34)23-43)56-31-19-27(20-31)44-37(51)24-1-3-25(4-2-24)39(53)48-17-15-47(16-18-48)28-11-13-46(14-12-28)29-6-8-32-33(21-29)41(55)49(40(32)54)35-9-10-36(50)45-38(35)52/h1-8,21-22,27-28,31,35H,9-20H2,(H,44,51)(H,45,50,52). The number of ether oxygens (including phenoxy) is 1. The molecule has 288 valence electrons. The van der Waals surface area contributed by atoms with Gasteiger partial charge in [-0.25, -0.2) is 0 Å². The van der Waals surface area contributed by atoms with Gasteiger partial charge in [-0.3, -0.25) is 43.9 Å². The summed E-state index contributed by atoms with van der Waals surface area (Å²) in [6, 6.07) is 18.3. The number of fused-ring (bicyclic) bond motifs is 1. The van der Waals surface area contributed by atoms with Crippen LogP contribution in [-0.4, -0.2) is 114 Å². The minimum atomic E-state index is -0.993. The molecule has 0 spiro atoms. The first-order valence-corrected chi connectivity index (χ1v) is 19.3. The molecule has 4 fully saturated rings. The van der Waals surface area contributed by atoms with Crippen LogP contribution in [0.15, 0.2) is 60.7 Å². The maximum absolute atomic E-state index is 13.4. The zero-order valence-electron chi connectivity index (χ0n) is 30.5. The average molecular weight is 778 g/mol. The number of nitrogens with zero attached hydrogens (tertiary/aromatic N) is 5. The Morgan fingerprint density at radius 2 is 1.52 bits per heavy atom. The van der Waals surface area contributed by atoms with Crippen LogP contribution < -0.4 is 20.3 Å². The quantitative estimate of drug-likeness (QED) is 0.323. The molecule has 56 heavy (non-hydrogen) atoms. The average Bonchev–Trinajstić information content (AvgIpc) is 3.44. The highest BCUT2D eigenvalue weighted by atomic mass is 35.5. The van der Waals surface area contributed by atoms with E-state index in [1.54, 1.807) is 54.6 Å². The van der Waals surface area contributed by atoms with Gasteiger partial charge in [0.15, 0.2) is 0 Å². The number of halogens is 1. The molecule has 1 saturated carbocycles. The van der Waals surface area contributed by atoms with Crippen LogP contribution in [0.2, 0.25) is 5.02 Å². The Balaban J connectivity index is 0.774. The number of anilines is 1. The molecule has 1 aliphatic carbocycles. The van der Waals surface area contributed by atoms with E-state index in [0.717, 1.165) is 49.6 Å². The van der Waals surface area contributed by atoms with Crippen LogP contribution in [-0.2, 0) is 9.59 Å². The monoisotopic (exact) mass is 777 g/mol. The molecule has 3 aromatic carbocycles. The number of piperazine rings is 1. The van der Waals surface area contributed by atoms with Crippen LogP contribution in [0.3, 0.4) is 0 Å². The Hall–Kier alpha value is -5.78. The van der Waals surface area contributed by atoms with Crippen molar-refractivity contribution in [3.05, 3.63) is 93.5 Å². The first kappa shape index (κ1) is 37.2. The highest BCUT2D eigenvalue weighted by Crippen LogP contribution is 2.33. The van der Waals surface area contributed by atoms with Crippen LogP contribution >= 0.6 is 11.6 Å². The number of carbonyl (C=O) groups excluding carboxylic acids is 6. The van der Waals surface area contributed by atoms with Gasteiger partial charge in [0, 0.05) is 93.5 Å². The minimum Gasteiger partial charge on any atom is -0.490 e. The third-order valence-corrected chi connectivity index (χ3v) is 11.9. The number of rotatable bonds is 8. The summed E-state index contributed by atoms with van der Waals surface area (Å²) in [5.74, 6) is -1.73. The highest BCUT2D eigenvalue weighted by Gasteiger charge is 2.45. The van der Waals surface area contributed by atoms with Gasteiger partial charge in [0.05, 0.1) is 21.7 Å². The molecule has 14 nitrogen and oxygen atoms in total. The van der Waals surface area contributed by atoms with Gasteiger partial charge in [-0.15, -0.1) is 0 Å². The number of hydrogen-bond acceptors (Lipinski definition) is 10. The second-order valence-electron chi connectivity index (χ2n) is 14.9. The third-order valence-electron chi connectivity index (χ3n) is 11.6. The molecule has 4 aliphatic heterocycles. The number of carbonyl (C=O) groups is 6. The lowest BCUT2D eigenvalue weighted by molar-refractivity contribution is -0.136. The predicted molar refractivity (Wildman–Crippen MR) is 203 cm³/mol. The Bertz CT molecular complexity index is 2150. The smallest absolute Gasteiger partial charge is 0.262 e. The van der Waals surface area contributed by atoms with Crippen molar-refractivity contribution in [1.29, 1.82) is 5.26 Å². The molecule has 0 bridgehead atoms. The van der Waals surface area contributed by atoms with Gasteiger partial charge in [0.25, 0.3) is 23.6 Å². The van der Waals surface area contributed by atoms with E-state index in [4.69, 9.17) is 21.6 Å². The maximum Gasteiger partial charge on any atom is 0.262 e. The van der Waals surface area contributed by atoms with Crippen molar-refractivity contribution >= 4 is 52.7 Å². The summed E-state index contributed by atoms with van der Waals surface area (Å²) in [6.07, 6.45) is 3.25.